The zero-order valence-electron chi connectivity index (χ0n) is 10.5. The van der Waals surface area contributed by atoms with Gasteiger partial charge >= 0.3 is 0 Å². The van der Waals surface area contributed by atoms with Gasteiger partial charge in [-0.3, -0.25) is 4.68 Å². The lowest BCUT2D eigenvalue weighted by molar-refractivity contribution is 0.150. The van der Waals surface area contributed by atoms with E-state index in [2.05, 4.69) is 5.10 Å². The van der Waals surface area contributed by atoms with Crippen molar-refractivity contribution in [1.29, 1.82) is 0 Å². The largest absolute Gasteiger partial charge is 0.386 e. The van der Waals surface area contributed by atoms with Gasteiger partial charge in [-0.15, -0.1) is 0 Å². The van der Waals surface area contributed by atoms with E-state index in [0.717, 1.165) is 22.5 Å². The fourth-order valence-electron chi connectivity index (χ4n) is 2.01. The number of aromatic nitrogens is 2. The molecule has 1 aromatic heterocycles. The summed E-state index contributed by atoms with van der Waals surface area (Å²) in [5, 5.41) is 14.5. The molecule has 2 rings (SSSR count). The van der Waals surface area contributed by atoms with E-state index < -0.39 is 6.10 Å². The summed E-state index contributed by atoms with van der Waals surface area (Å²) >= 11 is 0. The first kappa shape index (κ1) is 11.9. The molecule has 0 aliphatic heterocycles. The van der Waals surface area contributed by atoms with Crippen LogP contribution < -0.4 is 0 Å². The topological polar surface area (TPSA) is 38.0 Å². The standard InChI is InChI=1S/C14H18N2O/c1-10-5-4-6-13(7-10)14(17)9-16-12(3)8-11(2)15-16/h4-8,14,17H,9H2,1-3H3. The van der Waals surface area contributed by atoms with Crippen LogP contribution in [-0.4, -0.2) is 14.9 Å². The minimum absolute atomic E-state index is 0.503. The first-order chi connectivity index (χ1) is 8.06. The third kappa shape index (κ3) is 2.74. The number of aliphatic hydroxyl groups is 1. The highest BCUT2D eigenvalue weighted by molar-refractivity contribution is 5.24. The Labute approximate surface area is 102 Å². The zero-order valence-corrected chi connectivity index (χ0v) is 10.5. The van der Waals surface area contributed by atoms with Crippen molar-refractivity contribution in [2.45, 2.75) is 33.4 Å². The third-order valence-electron chi connectivity index (χ3n) is 2.88. The maximum Gasteiger partial charge on any atom is 0.0986 e. The second-order valence-electron chi connectivity index (χ2n) is 4.54. The summed E-state index contributed by atoms with van der Waals surface area (Å²) in [6.45, 7) is 6.49. The van der Waals surface area contributed by atoms with Gasteiger partial charge in [0.25, 0.3) is 0 Å². The molecule has 0 fully saturated rings. The van der Waals surface area contributed by atoms with E-state index >= 15 is 0 Å². The Morgan fingerprint density at radius 3 is 2.59 bits per heavy atom. The average Bonchev–Trinajstić information content (AvgIpc) is 2.57. The molecule has 0 bridgehead atoms. The van der Waals surface area contributed by atoms with Crippen molar-refractivity contribution >= 4 is 0 Å². The molecule has 1 aromatic carbocycles. The van der Waals surface area contributed by atoms with Crippen LogP contribution in [0.15, 0.2) is 30.3 Å². The lowest BCUT2D eigenvalue weighted by Gasteiger charge is -2.13. The number of aliphatic hydroxyl groups excluding tert-OH is 1. The van der Waals surface area contributed by atoms with E-state index in [0.29, 0.717) is 6.54 Å². The minimum Gasteiger partial charge on any atom is -0.386 e. The van der Waals surface area contributed by atoms with Crippen LogP contribution in [0.1, 0.15) is 28.6 Å². The van der Waals surface area contributed by atoms with Gasteiger partial charge in [0.2, 0.25) is 0 Å². The molecule has 0 saturated heterocycles. The van der Waals surface area contributed by atoms with Crippen LogP contribution in [0.2, 0.25) is 0 Å². The van der Waals surface area contributed by atoms with E-state index in [4.69, 9.17) is 0 Å². The summed E-state index contributed by atoms with van der Waals surface area (Å²) in [6, 6.07) is 9.97. The van der Waals surface area contributed by atoms with Gasteiger partial charge in [-0.2, -0.15) is 5.10 Å². The molecule has 1 atom stereocenters. The zero-order chi connectivity index (χ0) is 12.4. The van der Waals surface area contributed by atoms with Gasteiger partial charge in [0.1, 0.15) is 0 Å². The highest BCUT2D eigenvalue weighted by atomic mass is 16.3. The third-order valence-corrected chi connectivity index (χ3v) is 2.88. The first-order valence-corrected chi connectivity index (χ1v) is 5.82. The monoisotopic (exact) mass is 230 g/mol. The number of hydrogen-bond acceptors (Lipinski definition) is 2. The average molecular weight is 230 g/mol. The van der Waals surface area contributed by atoms with Crippen LogP contribution in [0, 0.1) is 20.8 Å². The van der Waals surface area contributed by atoms with Gasteiger partial charge in [0.05, 0.1) is 18.3 Å². The van der Waals surface area contributed by atoms with Crippen molar-refractivity contribution in [3.05, 3.63) is 52.8 Å². The second-order valence-corrected chi connectivity index (χ2v) is 4.54. The SMILES string of the molecule is Cc1cccc(C(O)Cn2nc(C)cc2C)c1. The Hall–Kier alpha value is -1.61. The minimum atomic E-state index is -0.507. The molecule has 2 aromatic rings. The highest BCUT2D eigenvalue weighted by Crippen LogP contribution is 2.17. The predicted molar refractivity (Wildman–Crippen MR) is 67.8 cm³/mol. The molecular weight excluding hydrogens is 212 g/mol. The number of rotatable bonds is 3. The molecule has 0 radical (unpaired) electrons. The van der Waals surface area contributed by atoms with Gasteiger partial charge in [0.15, 0.2) is 0 Å². The van der Waals surface area contributed by atoms with Gasteiger partial charge in [0, 0.05) is 5.69 Å². The molecule has 0 amide bonds. The fraction of sp³-hybridized carbons (Fsp3) is 0.357. The Morgan fingerprint density at radius 2 is 2.00 bits per heavy atom. The second kappa shape index (κ2) is 4.72. The summed E-state index contributed by atoms with van der Waals surface area (Å²) in [7, 11) is 0. The van der Waals surface area contributed by atoms with E-state index in [1.165, 1.54) is 0 Å². The Balaban J connectivity index is 2.16. The first-order valence-electron chi connectivity index (χ1n) is 5.82. The molecule has 17 heavy (non-hydrogen) atoms. The van der Waals surface area contributed by atoms with Crippen molar-refractivity contribution in [2.75, 3.05) is 0 Å². The van der Waals surface area contributed by atoms with E-state index in [1.807, 2.05) is 55.8 Å². The maximum absolute atomic E-state index is 10.2. The van der Waals surface area contributed by atoms with Crippen molar-refractivity contribution in [3.8, 4) is 0 Å². The molecule has 0 aliphatic carbocycles. The lowest BCUT2D eigenvalue weighted by Crippen LogP contribution is -2.11. The molecule has 0 aliphatic rings. The number of hydrogen-bond donors (Lipinski definition) is 1. The van der Waals surface area contributed by atoms with Crippen molar-refractivity contribution in [1.82, 2.24) is 9.78 Å². The van der Waals surface area contributed by atoms with Crippen molar-refractivity contribution in [3.63, 3.8) is 0 Å². The summed E-state index contributed by atoms with van der Waals surface area (Å²) in [5.74, 6) is 0. The summed E-state index contributed by atoms with van der Waals surface area (Å²) in [6.07, 6.45) is -0.507. The number of nitrogens with zero attached hydrogens (tertiary/aromatic N) is 2. The van der Waals surface area contributed by atoms with E-state index in [1.54, 1.807) is 0 Å². The molecule has 3 heteroatoms. The quantitative estimate of drug-likeness (QED) is 0.880. The van der Waals surface area contributed by atoms with Crippen LogP contribution in [0.5, 0.6) is 0 Å². The Morgan fingerprint density at radius 1 is 1.24 bits per heavy atom. The van der Waals surface area contributed by atoms with Gasteiger partial charge < -0.3 is 5.11 Å². The van der Waals surface area contributed by atoms with E-state index in [-0.39, 0.29) is 0 Å². The number of benzene rings is 1. The molecular formula is C14H18N2O. The molecule has 1 unspecified atom stereocenters. The summed E-state index contributed by atoms with van der Waals surface area (Å²) in [5.41, 5.74) is 4.17. The van der Waals surface area contributed by atoms with Crippen LogP contribution >= 0.6 is 0 Å². The van der Waals surface area contributed by atoms with Gasteiger partial charge in [-0.25, -0.2) is 0 Å². The molecule has 3 nitrogen and oxygen atoms in total. The highest BCUT2D eigenvalue weighted by Gasteiger charge is 2.10. The summed E-state index contributed by atoms with van der Waals surface area (Å²) < 4.78 is 1.85. The fourth-order valence-corrected chi connectivity index (χ4v) is 2.01. The lowest BCUT2D eigenvalue weighted by atomic mass is 10.1. The molecule has 1 N–H and O–H groups in total. The van der Waals surface area contributed by atoms with Crippen LogP contribution in [0.25, 0.3) is 0 Å². The van der Waals surface area contributed by atoms with Crippen molar-refractivity contribution in [2.24, 2.45) is 0 Å². The van der Waals surface area contributed by atoms with Crippen LogP contribution in [-0.2, 0) is 6.54 Å². The normalized spacial score (nSPS) is 12.7. The Kier molecular flexibility index (Phi) is 3.29. The van der Waals surface area contributed by atoms with Crippen LogP contribution in [0.4, 0.5) is 0 Å². The smallest absolute Gasteiger partial charge is 0.0986 e. The molecule has 0 spiro atoms. The summed E-state index contributed by atoms with van der Waals surface area (Å²) in [4.78, 5) is 0. The van der Waals surface area contributed by atoms with Crippen molar-refractivity contribution < 1.29 is 5.11 Å². The molecule has 90 valence electrons. The maximum atomic E-state index is 10.2. The number of aryl methyl sites for hydroxylation is 3. The van der Waals surface area contributed by atoms with E-state index in [9.17, 15) is 5.11 Å². The van der Waals surface area contributed by atoms with Gasteiger partial charge in [-0.05, 0) is 32.4 Å². The molecule has 0 saturated carbocycles. The predicted octanol–water partition coefficient (Wildman–Crippen LogP) is 2.54. The van der Waals surface area contributed by atoms with Crippen LogP contribution in [0.3, 0.4) is 0 Å². The Bertz CT molecular complexity index is 517. The van der Waals surface area contributed by atoms with Gasteiger partial charge in [-0.1, -0.05) is 29.8 Å². The molecule has 1 heterocycles.